The van der Waals surface area contributed by atoms with E-state index in [9.17, 15) is 8.42 Å². The van der Waals surface area contributed by atoms with Gasteiger partial charge in [-0.25, -0.2) is 13.4 Å². The predicted octanol–water partition coefficient (Wildman–Crippen LogP) is 0.555. The number of hydrogen-bond donors (Lipinski definition) is 2. The first kappa shape index (κ1) is 13.6. The van der Waals surface area contributed by atoms with Crippen LogP contribution in [0.4, 0.5) is 11.6 Å². The van der Waals surface area contributed by atoms with Crippen molar-refractivity contribution in [3.8, 4) is 0 Å². The molecule has 2 heterocycles. The fourth-order valence-electron chi connectivity index (χ4n) is 1.53. The highest BCUT2D eigenvalue weighted by Crippen LogP contribution is 2.23. The van der Waals surface area contributed by atoms with Gasteiger partial charge >= 0.3 is 0 Å². The van der Waals surface area contributed by atoms with Crippen molar-refractivity contribution in [2.75, 3.05) is 10.5 Å². The standard InChI is InChI=1S/C9H11ClN6O2S/c1-5-7(8(11)14-16(5)2)19(17,18)15-6-3-4-12-9(10)13-6/h3-4H,1-2H3,(H2,11,14)(H,12,13,15). The third-order valence-corrected chi connectivity index (χ3v) is 4.14. The second kappa shape index (κ2) is 4.67. The van der Waals surface area contributed by atoms with E-state index in [1.54, 1.807) is 14.0 Å². The molecule has 2 aromatic rings. The molecular formula is C9H11ClN6O2S. The van der Waals surface area contributed by atoms with Crippen LogP contribution in [0.1, 0.15) is 5.69 Å². The van der Waals surface area contributed by atoms with Crippen molar-refractivity contribution >= 4 is 33.3 Å². The molecule has 8 nitrogen and oxygen atoms in total. The van der Waals surface area contributed by atoms with Crippen molar-refractivity contribution in [2.24, 2.45) is 7.05 Å². The summed E-state index contributed by atoms with van der Waals surface area (Å²) in [5.74, 6) is -0.0182. The Balaban J connectivity index is 2.44. The highest BCUT2D eigenvalue weighted by atomic mass is 35.5. The molecule has 3 N–H and O–H groups in total. The summed E-state index contributed by atoms with van der Waals surface area (Å²) in [5, 5.41) is 3.79. The van der Waals surface area contributed by atoms with Gasteiger partial charge in [0.2, 0.25) is 5.28 Å². The van der Waals surface area contributed by atoms with E-state index in [0.29, 0.717) is 5.69 Å². The third-order valence-electron chi connectivity index (χ3n) is 2.44. The lowest BCUT2D eigenvalue weighted by Crippen LogP contribution is -2.16. The van der Waals surface area contributed by atoms with Crippen LogP contribution in [0.2, 0.25) is 5.28 Å². The van der Waals surface area contributed by atoms with Gasteiger partial charge in [-0.1, -0.05) is 0 Å². The van der Waals surface area contributed by atoms with E-state index in [4.69, 9.17) is 17.3 Å². The molecule has 0 bridgehead atoms. The summed E-state index contributed by atoms with van der Waals surface area (Å²) in [5.41, 5.74) is 6.02. The van der Waals surface area contributed by atoms with Gasteiger partial charge in [0, 0.05) is 13.2 Å². The molecule has 0 amide bonds. The first-order valence-corrected chi connectivity index (χ1v) is 6.98. The monoisotopic (exact) mass is 302 g/mol. The molecule has 0 aromatic carbocycles. The predicted molar refractivity (Wildman–Crippen MR) is 70.2 cm³/mol. The molecule has 0 radical (unpaired) electrons. The van der Waals surface area contributed by atoms with Crippen molar-refractivity contribution in [1.29, 1.82) is 0 Å². The third kappa shape index (κ3) is 2.61. The quantitative estimate of drug-likeness (QED) is 0.800. The van der Waals surface area contributed by atoms with Crippen LogP contribution in [-0.4, -0.2) is 28.2 Å². The van der Waals surface area contributed by atoms with Crippen LogP contribution in [0.5, 0.6) is 0 Å². The van der Waals surface area contributed by atoms with Crippen LogP contribution in [0.3, 0.4) is 0 Å². The maximum Gasteiger partial charge on any atom is 0.268 e. The van der Waals surface area contributed by atoms with Crippen molar-refractivity contribution in [3.05, 3.63) is 23.2 Å². The molecule has 102 valence electrons. The fourth-order valence-corrected chi connectivity index (χ4v) is 3.00. The Hall–Kier alpha value is -1.87. The second-order valence-electron chi connectivity index (χ2n) is 3.74. The van der Waals surface area contributed by atoms with E-state index in [1.807, 2.05) is 0 Å². The number of nitrogens with two attached hydrogens (primary N) is 1. The number of nitrogens with one attached hydrogen (secondary N) is 1. The molecule has 19 heavy (non-hydrogen) atoms. The molecule has 0 aliphatic carbocycles. The Morgan fingerprint density at radius 3 is 2.68 bits per heavy atom. The summed E-state index contributed by atoms with van der Waals surface area (Å²) < 4.78 is 28.1. The number of nitrogens with zero attached hydrogens (tertiary/aromatic N) is 4. The SMILES string of the molecule is Cc1c(S(=O)(=O)Nc2ccnc(Cl)n2)c(N)nn1C. The molecule has 0 aliphatic heterocycles. The van der Waals surface area contributed by atoms with Crippen LogP contribution in [-0.2, 0) is 17.1 Å². The summed E-state index contributed by atoms with van der Waals surface area (Å²) in [4.78, 5) is 7.33. The maximum absolute atomic E-state index is 12.2. The van der Waals surface area contributed by atoms with Crippen LogP contribution < -0.4 is 10.5 Å². The van der Waals surface area contributed by atoms with Gasteiger partial charge in [0.15, 0.2) is 10.7 Å². The number of halogens is 1. The minimum atomic E-state index is -3.88. The van der Waals surface area contributed by atoms with E-state index in [2.05, 4.69) is 19.8 Å². The van der Waals surface area contributed by atoms with Gasteiger partial charge in [-0.05, 0) is 24.6 Å². The lowest BCUT2D eigenvalue weighted by Gasteiger charge is -2.07. The van der Waals surface area contributed by atoms with Gasteiger partial charge in [-0.15, -0.1) is 0 Å². The van der Waals surface area contributed by atoms with Crippen LogP contribution in [0, 0.1) is 6.92 Å². The Labute approximate surface area is 114 Å². The summed E-state index contributed by atoms with van der Waals surface area (Å²) >= 11 is 5.59. The zero-order valence-corrected chi connectivity index (χ0v) is 11.7. The number of anilines is 2. The zero-order valence-electron chi connectivity index (χ0n) is 10.1. The van der Waals surface area contributed by atoms with E-state index in [1.165, 1.54) is 16.9 Å². The average Bonchev–Trinajstić information content (AvgIpc) is 2.52. The van der Waals surface area contributed by atoms with Crippen LogP contribution in [0.15, 0.2) is 17.2 Å². The number of nitrogen functional groups attached to an aromatic ring is 1. The average molecular weight is 303 g/mol. The van der Waals surface area contributed by atoms with Gasteiger partial charge in [0.1, 0.15) is 5.82 Å². The summed E-state index contributed by atoms with van der Waals surface area (Å²) in [6, 6.07) is 1.38. The molecule has 0 atom stereocenters. The smallest absolute Gasteiger partial charge is 0.268 e. The van der Waals surface area contributed by atoms with Crippen LogP contribution in [0.25, 0.3) is 0 Å². The van der Waals surface area contributed by atoms with Crippen molar-refractivity contribution in [1.82, 2.24) is 19.7 Å². The fraction of sp³-hybridized carbons (Fsp3) is 0.222. The first-order chi connectivity index (χ1) is 8.81. The Morgan fingerprint density at radius 1 is 1.47 bits per heavy atom. The van der Waals surface area contributed by atoms with Gasteiger partial charge < -0.3 is 5.73 Å². The van der Waals surface area contributed by atoms with E-state index >= 15 is 0 Å². The Morgan fingerprint density at radius 2 is 2.16 bits per heavy atom. The minimum Gasteiger partial charge on any atom is -0.381 e. The highest BCUT2D eigenvalue weighted by Gasteiger charge is 2.25. The van der Waals surface area contributed by atoms with Crippen molar-refractivity contribution in [2.45, 2.75) is 11.8 Å². The maximum atomic E-state index is 12.2. The zero-order chi connectivity index (χ0) is 14.2. The van der Waals surface area contributed by atoms with E-state index in [0.717, 1.165) is 0 Å². The summed E-state index contributed by atoms with van der Waals surface area (Å²) in [6.07, 6.45) is 1.34. The van der Waals surface area contributed by atoms with Gasteiger partial charge in [-0.2, -0.15) is 10.1 Å². The molecular weight excluding hydrogens is 292 g/mol. The van der Waals surface area contributed by atoms with Crippen molar-refractivity contribution < 1.29 is 8.42 Å². The minimum absolute atomic E-state index is 0.0580. The van der Waals surface area contributed by atoms with Gasteiger partial charge in [0.05, 0.1) is 5.69 Å². The highest BCUT2D eigenvalue weighted by molar-refractivity contribution is 7.93. The number of aromatic nitrogens is 4. The normalized spacial score (nSPS) is 11.5. The topological polar surface area (TPSA) is 116 Å². The first-order valence-electron chi connectivity index (χ1n) is 5.11. The van der Waals surface area contributed by atoms with Crippen LogP contribution >= 0.6 is 11.6 Å². The molecule has 0 fully saturated rings. The molecule has 0 saturated heterocycles. The molecule has 0 saturated carbocycles. The second-order valence-corrected chi connectivity index (χ2v) is 5.70. The Kier molecular flexibility index (Phi) is 3.33. The number of aryl methyl sites for hydroxylation is 1. The molecule has 0 aliphatic rings. The van der Waals surface area contributed by atoms with Crippen molar-refractivity contribution in [3.63, 3.8) is 0 Å². The largest absolute Gasteiger partial charge is 0.381 e. The Bertz CT molecular complexity index is 726. The molecule has 2 rings (SSSR count). The van der Waals surface area contributed by atoms with E-state index in [-0.39, 0.29) is 21.8 Å². The number of hydrogen-bond acceptors (Lipinski definition) is 6. The number of sulfonamides is 1. The number of rotatable bonds is 3. The van der Waals surface area contributed by atoms with Gasteiger partial charge in [-0.3, -0.25) is 9.40 Å². The molecule has 0 spiro atoms. The van der Waals surface area contributed by atoms with Gasteiger partial charge in [0.25, 0.3) is 10.0 Å². The molecule has 10 heteroatoms. The van der Waals surface area contributed by atoms with E-state index < -0.39 is 10.0 Å². The molecule has 2 aromatic heterocycles. The lowest BCUT2D eigenvalue weighted by atomic mass is 10.5. The summed E-state index contributed by atoms with van der Waals surface area (Å²) in [7, 11) is -2.27. The molecule has 0 unspecified atom stereocenters. The lowest BCUT2D eigenvalue weighted by molar-refractivity contribution is 0.600. The summed E-state index contributed by atoms with van der Waals surface area (Å²) in [6.45, 7) is 1.60.